The van der Waals surface area contributed by atoms with E-state index in [0.29, 0.717) is 18.6 Å². The highest BCUT2D eigenvalue weighted by Crippen LogP contribution is 2.46. The molecule has 1 aliphatic carbocycles. The van der Waals surface area contributed by atoms with E-state index in [0.717, 1.165) is 25.8 Å². The molecule has 0 aromatic heterocycles. The van der Waals surface area contributed by atoms with Crippen LogP contribution in [0.2, 0.25) is 0 Å². The molecule has 2 atom stereocenters. The van der Waals surface area contributed by atoms with E-state index >= 15 is 0 Å². The molecule has 4 rings (SSSR count). The van der Waals surface area contributed by atoms with Crippen LogP contribution in [0.5, 0.6) is 0 Å². The van der Waals surface area contributed by atoms with Crippen molar-refractivity contribution in [1.82, 2.24) is 5.32 Å². The average Bonchev–Trinajstić information content (AvgIpc) is 3.13. The summed E-state index contributed by atoms with van der Waals surface area (Å²) in [6, 6.07) is 29.0. The van der Waals surface area contributed by atoms with Gasteiger partial charge < -0.3 is 10.1 Å². The molecule has 0 amide bonds. The highest BCUT2D eigenvalue weighted by molar-refractivity contribution is 5.80. The van der Waals surface area contributed by atoms with Gasteiger partial charge in [0.2, 0.25) is 0 Å². The molecule has 0 aliphatic heterocycles. The smallest absolute Gasteiger partial charge is 0.0595 e. The van der Waals surface area contributed by atoms with Gasteiger partial charge in [-0.2, -0.15) is 0 Å². The maximum absolute atomic E-state index is 5.90. The van der Waals surface area contributed by atoms with Crippen LogP contribution in [0.3, 0.4) is 0 Å². The Balaban J connectivity index is 1.76. The van der Waals surface area contributed by atoms with E-state index in [4.69, 9.17) is 4.74 Å². The van der Waals surface area contributed by atoms with Gasteiger partial charge in [0.25, 0.3) is 0 Å². The first kappa shape index (κ1) is 24.4. The van der Waals surface area contributed by atoms with Crippen LogP contribution in [0.1, 0.15) is 55.0 Å². The van der Waals surface area contributed by atoms with E-state index in [1.807, 2.05) is 7.11 Å². The third-order valence-electron chi connectivity index (χ3n) is 6.88. The number of hydrogen-bond acceptors (Lipinski definition) is 2. The van der Waals surface area contributed by atoms with Crippen LogP contribution >= 0.6 is 0 Å². The molecule has 2 nitrogen and oxygen atoms in total. The molecule has 0 saturated heterocycles. The van der Waals surface area contributed by atoms with E-state index < -0.39 is 0 Å². The Kier molecular flexibility index (Phi) is 8.03. The monoisotopic (exact) mass is 453 g/mol. The molecule has 3 aromatic rings. The molecule has 3 aromatic carbocycles. The molecule has 178 valence electrons. The first-order chi connectivity index (χ1) is 16.5. The summed E-state index contributed by atoms with van der Waals surface area (Å²) in [6.07, 6.45) is 5.45. The van der Waals surface area contributed by atoms with E-state index in [9.17, 15) is 0 Å². The third-order valence-corrected chi connectivity index (χ3v) is 6.88. The first-order valence-corrected chi connectivity index (χ1v) is 12.7. The van der Waals surface area contributed by atoms with E-state index in [2.05, 4.69) is 111 Å². The number of ether oxygens (including phenoxy) is 1. The standard InChI is InChI=1S/C32H39NO/c1-24(2)22-33-25(3)20-32(23-34-4)21-29(19-27-14-9-6-10-15-27)31-28(16-11-17-30(31)32)18-26-12-7-5-8-13-26/h5-17,21,24-25,33H,18-20,22-23H2,1-4H3. The maximum atomic E-state index is 5.90. The van der Waals surface area contributed by atoms with Gasteiger partial charge in [-0.25, -0.2) is 0 Å². The normalized spacial score (nSPS) is 18.1. The summed E-state index contributed by atoms with van der Waals surface area (Å²) in [5, 5.41) is 3.76. The Bertz CT molecular complexity index is 1090. The van der Waals surface area contributed by atoms with Gasteiger partial charge in [0.1, 0.15) is 0 Å². The molecule has 0 bridgehead atoms. The van der Waals surface area contributed by atoms with Crippen LogP contribution in [0.25, 0.3) is 5.57 Å². The molecule has 2 unspecified atom stereocenters. The van der Waals surface area contributed by atoms with Crippen LogP contribution in [-0.4, -0.2) is 26.3 Å². The lowest BCUT2D eigenvalue weighted by molar-refractivity contribution is 0.142. The van der Waals surface area contributed by atoms with Crippen LogP contribution in [0.15, 0.2) is 84.9 Å². The van der Waals surface area contributed by atoms with Gasteiger partial charge in [0, 0.05) is 18.6 Å². The fourth-order valence-corrected chi connectivity index (χ4v) is 5.46. The number of hydrogen-bond donors (Lipinski definition) is 1. The predicted molar refractivity (Wildman–Crippen MR) is 144 cm³/mol. The molecule has 0 spiro atoms. The minimum absolute atomic E-state index is 0.121. The summed E-state index contributed by atoms with van der Waals surface area (Å²) < 4.78 is 5.90. The Labute approximate surface area is 206 Å². The largest absolute Gasteiger partial charge is 0.383 e. The molecule has 0 radical (unpaired) electrons. The average molecular weight is 454 g/mol. The molecule has 2 heteroatoms. The lowest BCUT2D eigenvalue weighted by atomic mass is 9.77. The highest BCUT2D eigenvalue weighted by Gasteiger charge is 2.40. The van der Waals surface area contributed by atoms with Crippen molar-refractivity contribution in [1.29, 1.82) is 0 Å². The van der Waals surface area contributed by atoms with E-state index in [-0.39, 0.29) is 5.41 Å². The Morgan fingerprint density at radius 3 is 2.06 bits per heavy atom. The molecular formula is C32H39NO. The maximum Gasteiger partial charge on any atom is 0.0595 e. The topological polar surface area (TPSA) is 21.3 Å². The van der Waals surface area contributed by atoms with Crippen molar-refractivity contribution in [3.8, 4) is 0 Å². The zero-order valence-corrected chi connectivity index (χ0v) is 21.2. The molecule has 1 N–H and O–H groups in total. The van der Waals surface area contributed by atoms with Crippen molar-refractivity contribution in [3.05, 3.63) is 113 Å². The van der Waals surface area contributed by atoms with E-state index in [1.165, 1.54) is 33.4 Å². The summed E-state index contributed by atoms with van der Waals surface area (Å²) in [5.74, 6) is 0.637. The van der Waals surface area contributed by atoms with Gasteiger partial charge >= 0.3 is 0 Å². The van der Waals surface area contributed by atoms with Crippen molar-refractivity contribution in [2.24, 2.45) is 5.92 Å². The van der Waals surface area contributed by atoms with Crippen LogP contribution in [-0.2, 0) is 23.0 Å². The van der Waals surface area contributed by atoms with Gasteiger partial charge in [0.15, 0.2) is 0 Å². The summed E-state index contributed by atoms with van der Waals surface area (Å²) in [5.41, 5.74) is 8.28. The lowest BCUT2D eigenvalue weighted by Crippen LogP contribution is -2.39. The Hall–Kier alpha value is -2.68. The summed E-state index contributed by atoms with van der Waals surface area (Å²) >= 11 is 0. The minimum atomic E-state index is -0.121. The fourth-order valence-electron chi connectivity index (χ4n) is 5.46. The number of benzene rings is 3. The van der Waals surface area contributed by atoms with Crippen molar-refractivity contribution in [2.45, 2.75) is 51.5 Å². The fraction of sp³-hybridized carbons (Fsp3) is 0.375. The zero-order valence-electron chi connectivity index (χ0n) is 21.2. The second kappa shape index (κ2) is 11.2. The van der Waals surface area contributed by atoms with Gasteiger partial charge in [-0.3, -0.25) is 0 Å². The SMILES string of the molecule is COCC1(CC(C)NCC(C)C)C=C(Cc2ccccc2)c2c(Cc3ccccc3)cccc21. The van der Waals surface area contributed by atoms with Crippen LogP contribution in [0.4, 0.5) is 0 Å². The van der Waals surface area contributed by atoms with Gasteiger partial charge in [-0.1, -0.05) is 98.8 Å². The number of rotatable bonds is 11. The lowest BCUT2D eigenvalue weighted by Gasteiger charge is -2.32. The quantitative estimate of drug-likeness (QED) is 0.344. The van der Waals surface area contributed by atoms with Crippen molar-refractivity contribution in [3.63, 3.8) is 0 Å². The number of fused-ring (bicyclic) bond motifs is 1. The van der Waals surface area contributed by atoms with Gasteiger partial charge in [-0.15, -0.1) is 0 Å². The second-order valence-corrected chi connectivity index (χ2v) is 10.3. The third kappa shape index (κ3) is 5.68. The summed E-state index contributed by atoms with van der Waals surface area (Å²) in [4.78, 5) is 0. The molecule has 0 fully saturated rings. The summed E-state index contributed by atoms with van der Waals surface area (Å²) in [6.45, 7) is 8.58. The predicted octanol–water partition coefficient (Wildman–Crippen LogP) is 6.83. The van der Waals surface area contributed by atoms with E-state index in [1.54, 1.807) is 0 Å². The van der Waals surface area contributed by atoms with Crippen LogP contribution < -0.4 is 5.32 Å². The molecule has 0 heterocycles. The number of methoxy groups -OCH3 is 1. The number of allylic oxidation sites excluding steroid dienone is 1. The first-order valence-electron chi connectivity index (χ1n) is 12.7. The zero-order chi connectivity index (χ0) is 24.0. The van der Waals surface area contributed by atoms with Crippen molar-refractivity contribution < 1.29 is 4.74 Å². The summed E-state index contributed by atoms with van der Waals surface area (Å²) in [7, 11) is 1.84. The van der Waals surface area contributed by atoms with Gasteiger partial charge in [-0.05, 0) is 72.0 Å². The Morgan fingerprint density at radius 1 is 0.794 bits per heavy atom. The highest BCUT2D eigenvalue weighted by atomic mass is 16.5. The van der Waals surface area contributed by atoms with Gasteiger partial charge in [0.05, 0.1) is 6.61 Å². The van der Waals surface area contributed by atoms with Crippen LogP contribution in [0, 0.1) is 5.92 Å². The second-order valence-electron chi connectivity index (χ2n) is 10.3. The Morgan fingerprint density at radius 2 is 1.44 bits per heavy atom. The van der Waals surface area contributed by atoms with Crippen molar-refractivity contribution in [2.75, 3.05) is 20.3 Å². The molecule has 34 heavy (non-hydrogen) atoms. The molecule has 1 aliphatic rings. The molecule has 0 saturated carbocycles. The number of nitrogens with one attached hydrogen (secondary N) is 1. The molecular weight excluding hydrogens is 414 g/mol. The van der Waals surface area contributed by atoms with Crippen molar-refractivity contribution >= 4 is 5.57 Å². The minimum Gasteiger partial charge on any atom is -0.383 e.